The number of rotatable bonds is 4. The van der Waals surface area contributed by atoms with E-state index in [-0.39, 0.29) is 5.92 Å². The van der Waals surface area contributed by atoms with Gasteiger partial charge in [-0.2, -0.15) is 0 Å². The Labute approximate surface area is 132 Å². The van der Waals surface area contributed by atoms with Crippen LogP contribution in [0.5, 0.6) is 11.5 Å². The third kappa shape index (κ3) is 4.04. The molecule has 0 radical (unpaired) electrons. The molecule has 0 heterocycles. The van der Waals surface area contributed by atoms with E-state index in [1.165, 1.54) is 32.1 Å². The summed E-state index contributed by atoms with van der Waals surface area (Å²) in [4.78, 5) is 0. The van der Waals surface area contributed by atoms with Crippen LogP contribution >= 0.6 is 11.6 Å². The lowest BCUT2D eigenvalue weighted by Gasteiger charge is -2.26. The van der Waals surface area contributed by atoms with Crippen LogP contribution in [0.4, 0.5) is 0 Å². The minimum Gasteiger partial charge on any atom is -0.493 e. The Balaban J connectivity index is 2.22. The van der Waals surface area contributed by atoms with Crippen molar-refractivity contribution >= 4 is 11.6 Å². The molecule has 3 nitrogen and oxygen atoms in total. The Bertz CT molecular complexity index is 454. The van der Waals surface area contributed by atoms with Gasteiger partial charge in [-0.1, -0.05) is 43.7 Å². The lowest BCUT2D eigenvalue weighted by Crippen LogP contribution is -2.15. The van der Waals surface area contributed by atoms with Gasteiger partial charge < -0.3 is 14.6 Å². The molecule has 2 rings (SSSR count). The second kappa shape index (κ2) is 7.90. The lowest BCUT2D eigenvalue weighted by atomic mass is 9.84. The lowest BCUT2D eigenvalue weighted by molar-refractivity contribution is 0.0911. The molecule has 0 saturated heterocycles. The van der Waals surface area contributed by atoms with E-state index in [0.29, 0.717) is 16.5 Å². The van der Waals surface area contributed by atoms with Gasteiger partial charge >= 0.3 is 0 Å². The Morgan fingerprint density at radius 1 is 1.00 bits per heavy atom. The van der Waals surface area contributed by atoms with E-state index >= 15 is 0 Å². The highest BCUT2D eigenvalue weighted by molar-refractivity contribution is 6.31. The van der Waals surface area contributed by atoms with Crippen LogP contribution in [0.25, 0.3) is 0 Å². The molecule has 0 aromatic heterocycles. The van der Waals surface area contributed by atoms with Gasteiger partial charge in [0.25, 0.3) is 0 Å². The van der Waals surface area contributed by atoms with Gasteiger partial charge in [-0.25, -0.2) is 0 Å². The summed E-state index contributed by atoms with van der Waals surface area (Å²) in [7, 11) is 3.18. The number of hydrogen-bond acceptors (Lipinski definition) is 3. The fourth-order valence-electron chi connectivity index (χ4n) is 3.15. The molecular formula is C17H25ClO3. The Morgan fingerprint density at radius 2 is 1.52 bits per heavy atom. The highest BCUT2D eigenvalue weighted by atomic mass is 35.5. The van der Waals surface area contributed by atoms with E-state index in [1.807, 2.05) is 6.07 Å². The smallest absolute Gasteiger partial charge is 0.162 e. The van der Waals surface area contributed by atoms with E-state index in [2.05, 4.69) is 0 Å². The number of methoxy groups -OCH3 is 2. The van der Waals surface area contributed by atoms with Crippen LogP contribution in [0.15, 0.2) is 12.1 Å². The third-order valence-electron chi connectivity index (χ3n) is 4.42. The standard InChI is InChI=1S/C17H25ClO3/c1-20-15-10-13(14(18)11-16(15)21-2)17(19)12-8-6-4-3-5-7-9-12/h10-12,17,19H,3-9H2,1-2H3. The zero-order valence-corrected chi connectivity index (χ0v) is 13.7. The van der Waals surface area contributed by atoms with Crippen molar-refractivity contribution in [3.8, 4) is 11.5 Å². The molecule has 1 aliphatic rings. The van der Waals surface area contributed by atoms with Crippen molar-refractivity contribution < 1.29 is 14.6 Å². The number of aliphatic hydroxyl groups excluding tert-OH is 1. The van der Waals surface area contributed by atoms with Crippen LogP contribution in [-0.2, 0) is 0 Å². The first-order valence-electron chi connectivity index (χ1n) is 7.77. The molecule has 1 fully saturated rings. The fourth-order valence-corrected chi connectivity index (χ4v) is 3.42. The summed E-state index contributed by atoms with van der Waals surface area (Å²) < 4.78 is 10.6. The maximum absolute atomic E-state index is 10.7. The summed E-state index contributed by atoms with van der Waals surface area (Å²) in [6.45, 7) is 0. The van der Waals surface area contributed by atoms with Crippen molar-refractivity contribution in [3.05, 3.63) is 22.7 Å². The first-order chi connectivity index (χ1) is 10.2. The van der Waals surface area contributed by atoms with E-state index in [1.54, 1.807) is 20.3 Å². The molecule has 1 aromatic carbocycles. The van der Waals surface area contributed by atoms with Crippen molar-refractivity contribution in [1.29, 1.82) is 0 Å². The Hall–Kier alpha value is -0.930. The monoisotopic (exact) mass is 312 g/mol. The topological polar surface area (TPSA) is 38.7 Å². The molecule has 1 aromatic rings. The maximum Gasteiger partial charge on any atom is 0.162 e. The molecule has 118 valence electrons. The van der Waals surface area contributed by atoms with E-state index in [9.17, 15) is 5.11 Å². The average Bonchev–Trinajstić information content (AvgIpc) is 2.46. The second-order valence-electron chi connectivity index (χ2n) is 5.78. The molecule has 0 spiro atoms. The molecule has 0 amide bonds. The zero-order chi connectivity index (χ0) is 15.2. The normalized spacial score (nSPS) is 18.7. The number of ether oxygens (including phenoxy) is 2. The van der Waals surface area contributed by atoms with Gasteiger partial charge in [-0.15, -0.1) is 0 Å². The van der Waals surface area contributed by atoms with Gasteiger partial charge in [-0.3, -0.25) is 0 Å². The maximum atomic E-state index is 10.7. The average molecular weight is 313 g/mol. The molecule has 0 bridgehead atoms. The predicted octanol–water partition coefficient (Wildman–Crippen LogP) is 4.75. The van der Waals surface area contributed by atoms with Gasteiger partial charge in [-0.05, 0) is 24.8 Å². The fraction of sp³-hybridized carbons (Fsp3) is 0.647. The van der Waals surface area contributed by atoms with Crippen LogP contribution in [0, 0.1) is 5.92 Å². The summed E-state index contributed by atoms with van der Waals surface area (Å²) in [6.07, 6.45) is 7.82. The van der Waals surface area contributed by atoms with Gasteiger partial charge in [0.15, 0.2) is 11.5 Å². The van der Waals surface area contributed by atoms with E-state index in [0.717, 1.165) is 18.4 Å². The molecule has 1 N–H and O–H groups in total. The molecule has 0 aliphatic heterocycles. The molecule has 1 unspecified atom stereocenters. The van der Waals surface area contributed by atoms with Crippen molar-refractivity contribution in [2.75, 3.05) is 14.2 Å². The number of halogens is 1. The van der Waals surface area contributed by atoms with Crippen LogP contribution in [0.1, 0.15) is 56.6 Å². The highest BCUT2D eigenvalue weighted by Gasteiger charge is 2.25. The van der Waals surface area contributed by atoms with Gasteiger partial charge in [0.2, 0.25) is 0 Å². The Kier molecular flexibility index (Phi) is 6.19. The van der Waals surface area contributed by atoms with Gasteiger partial charge in [0.1, 0.15) is 0 Å². The quantitative estimate of drug-likeness (QED) is 0.872. The predicted molar refractivity (Wildman–Crippen MR) is 85.3 cm³/mol. The summed E-state index contributed by atoms with van der Waals surface area (Å²) in [5.41, 5.74) is 0.750. The largest absolute Gasteiger partial charge is 0.493 e. The minimum absolute atomic E-state index is 0.279. The van der Waals surface area contributed by atoms with Crippen molar-refractivity contribution in [3.63, 3.8) is 0 Å². The van der Waals surface area contributed by atoms with Crippen molar-refractivity contribution in [1.82, 2.24) is 0 Å². The SMILES string of the molecule is COc1cc(Cl)c(C(O)C2CCCCCCC2)cc1OC. The molecule has 4 heteroatoms. The van der Waals surface area contributed by atoms with Crippen LogP contribution in [0.2, 0.25) is 5.02 Å². The number of hydrogen-bond donors (Lipinski definition) is 1. The molecule has 1 aliphatic carbocycles. The first kappa shape index (κ1) is 16.4. The number of benzene rings is 1. The van der Waals surface area contributed by atoms with Gasteiger partial charge in [0, 0.05) is 11.6 Å². The zero-order valence-electron chi connectivity index (χ0n) is 12.9. The molecule has 21 heavy (non-hydrogen) atoms. The number of aliphatic hydroxyl groups is 1. The van der Waals surface area contributed by atoms with Crippen LogP contribution < -0.4 is 9.47 Å². The third-order valence-corrected chi connectivity index (χ3v) is 4.75. The first-order valence-corrected chi connectivity index (χ1v) is 8.14. The van der Waals surface area contributed by atoms with Crippen LogP contribution in [0.3, 0.4) is 0 Å². The second-order valence-corrected chi connectivity index (χ2v) is 6.19. The minimum atomic E-state index is -0.532. The molecular weight excluding hydrogens is 288 g/mol. The highest BCUT2D eigenvalue weighted by Crippen LogP contribution is 2.40. The molecule has 1 atom stereocenters. The summed E-state index contributed by atoms with van der Waals surface area (Å²) in [6, 6.07) is 3.53. The molecule has 1 saturated carbocycles. The van der Waals surface area contributed by atoms with Crippen molar-refractivity contribution in [2.24, 2.45) is 5.92 Å². The van der Waals surface area contributed by atoms with E-state index < -0.39 is 6.10 Å². The summed E-state index contributed by atoms with van der Waals surface area (Å²) >= 11 is 6.33. The summed E-state index contributed by atoms with van der Waals surface area (Å²) in [5, 5.41) is 11.3. The van der Waals surface area contributed by atoms with Gasteiger partial charge in [0.05, 0.1) is 25.3 Å². The van der Waals surface area contributed by atoms with Crippen molar-refractivity contribution in [2.45, 2.75) is 51.0 Å². The Morgan fingerprint density at radius 3 is 2.10 bits per heavy atom. The van der Waals surface area contributed by atoms with Crippen LogP contribution in [-0.4, -0.2) is 19.3 Å². The van der Waals surface area contributed by atoms with E-state index in [4.69, 9.17) is 21.1 Å². The summed E-state index contributed by atoms with van der Waals surface area (Å²) in [5.74, 6) is 1.49.